The van der Waals surface area contributed by atoms with Crippen LogP contribution in [-0.2, 0) is 102 Å². The number of amides is 16. The molecule has 59 heteroatoms. The van der Waals surface area contributed by atoms with Crippen LogP contribution in [0.2, 0.25) is 0 Å². The number of aliphatic hydroxyl groups is 3. The lowest BCUT2D eigenvalue weighted by Crippen LogP contribution is -2.61. The van der Waals surface area contributed by atoms with Crippen LogP contribution < -0.4 is 147 Å². The number of aromatic hydroxyl groups is 1. The highest BCUT2D eigenvalue weighted by Gasteiger charge is 2.39. The molecule has 0 aliphatic heterocycles. The van der Waals surface area contributed by atoms with E-state index in [9.17, 15) is 78.0 Å². The van der Waals surface area contributed by atoms with E-state index in [1.807, 2.05) is 0 Å². The number of aromatic nitrogens is 6. The molecule has 47 N–H and O–H groups in total. The van der Waals surface area contributed by atoms with Crippen LogP contribution in [0.4, 0.5) is 0 Å². The number of nitrogens with one attached hydrogen (secondary N) is 27. The molecule has 4 aromatic rings. The molecule has 0 fully saturated rings. The Bertz CT molecular complexity index is 4650. The van der Waals surface area contributed by atoms with E-state index in [1.165, 1.54) is 68.8 Å². The predicted molar refractivity (Wildman–Crippen MR) is 488 cm³/mol. The summed E-state index contributed by atoms with van der Waals surface area (Å²) >= 11 is 4.22. The Morgan fingerprint density at radius 3 is 1.01 bits per heavy atom. The maximum Gasteiger partial charge on any atom is 0.245 e. The van der Waals surface area contributed by atoms with Gasteiger partial charge in [-0.2, -0.15) is 12.6 Å². The molecular weight excluding hydrogens is 1810 g/mol. The predicted octanol–water partition coefficient (Wildman–Crippen LogP) is -15.1. The van der Waals surface area contributed by atoms with Gasteiger partial charge in [0.15, 0.2) is 29.8 Å². The zero-order valence-corrected chi connectivity index (χ0v) is 75.2. The van der Waals surface area contributed by atoms with Crippen LogP contribution in [-0.4, -0.2) is 324 Å². The van der Waals surface area contributed by atoms with E-state index >= 15 is 19.2 Å². The third-order valence-corrected chi connectivity index (χ3v) is 20.3. The van der Waals surface area contributed by atoms with Gasteiger partial charge in [-0.05, 0) is 95.2 Å². The lowest BCUT2D eigenvalue weighted by Gasteiger charge is -2.28. The van der Waals surface area contributed by atoms with E-state index in [0.717, 1.165) is 0 Å². The molecule has 3 heterocycles. The summed E-state index contributed by atoms with van der Waals surface area (Å²) in [4.78, 5) is 245. The molecule has 0 bridgehead atoms. The third kappa shape index (κ3) is 43.4. The Morgan fingerprint density at radius 2 is 0.669 bits per heavy atom. The molecule has 15 atom stereocenters. The number of phenolic OH excluding ortho intramolecular Hbond substituents is 1. The minimum Gasteiger partial charge on any atom is -0.508 e. The van der Waals surface area contributed by atoms with E-state index in [0.29, 0.717) is 0 Å². The molecule has 4 rings (SSSR count). The van der Waals surface area contributed by atoms with E-state index in [-0.39, 0.29) is 144 Å². The average Bonchev–Trinajstić information content (AvgIpc) is 1.12. The summed E-state index contributed by atoms with van der Waals surface area (Å²) in [5.41, 5.74) is 45.0. The van der Waals surface area contributed by atoms with Crippen LogP contribution in [0.3, 0.4) is 0 Å². The molecule has 0 radical (unpaired) electrons. The summed E-state index contributed by atoms with van der Waals surface area (Å²) in [6.07, 6.45) is 2.66. The molecule has 0 saturated carbocycles. The van der Waals surface area contributed by atoms with Gasteiger partial charge < -0.3 is 182 Å². The van der Waals surface area contributed by atoms with Crippen molar-refractivity contribution in [1.82, 2.24) is 131 Å². The Labute approximate surface area is 783 Å². The van der Waals surface area contributed by atoms with Crippen molar-refractivity contribution >= 4 is 137 Å². The summed E-state index contributed by atoms with van der Waals surface area (Å²) in [5.74, 6) is -20.2. The summed E-state index contributed by atoms with van der Waals surface area (Å²) in [6.45, 7) is -2.01. The Morgan fingerprint density at radius 1 is 0.368 bits per heavy atom. The summed E-state index contributed by atoms with van der Waals surface area (Å²) in [5, 5.41) is 127. The fourth-order valence-corrected chi connectivity index (χ4v) is 13.0. The molecule has 58 nitrogen and oxygen atoms in total. The molecule has 3 aromatic heterocycles. The maximum absolute atomic E-state index is 15.2. The number of benzene rings is 1. The van der Waals surface area contributed by atoms with Gasteiger partial charge in [0.25, 0.3) is 0 Å². The fourth-order valence-electron chi connectivity index (χ4n) is 12.7. The van der Waals surface area contributed by atoms with E-state index in [1.54, 1.807) is 0 Å². The number of aromatic amines is 3. The van der Waals surface area contributed by atoms with E-state index in [4.69, 9.17) is 72.9 Å². The van der Waals surface area contributed by atoms with Gasteiger partial charge in [0.1, 0.15) is 84.3 Å². The van der Waals surface area contributed by atoms with Gasteiger partial charge in [0.05, 0.1) is 68.0 Å². The number of imidazole rings is 3. The topological polar surface area (TPSA) is 996 Å². The molecule has 1 aromatic carbocycles. The number of guanidine groups is 5. The smallest absolute Gasteiger partial charge is 0.245 e. The van der Waals surface area contributed by atoms with Gasteiger partial charge in [0, 0.05) is 89.2 Å². The average molecular weight is 1940 g/mol. The molecule has 136 heavy (non-hydrogen) atoms. The van der Waals surface area contributed by atoms with Crippen molar-refractivity contribution in [3.8, 4) is 5.75 Å². The second-order valence-electron chi connectivity index (χ2n) is 30.9. The highest BCUT2D eigenvalue weighted by molar-refractivity contribution is 7.80. The standard InChI is InChI=1S/C77H126N38O20S/c1-37(118)58(115-60(123)43(78)7-2-18-94-73(81)82)72(135)111-50(24-39-27-91-34-100-39)61(124)99-30-57(121)103-48(16-17-56(79)120)65(128)112-54(32-117)70(133)110-51(25-40-28-92-35-101-40)67(130)108-49(23-38-12-14-42(119)15-13-38)66(129)107-46(10-5-21-97-76(87)88)63(126)105-45(9-4-20-96-75(85)86)62(125)106-47(11-6-22-98-77(89)90)64(127)109-52(26-41-29-93-36-102-41)68(131)114-55(33-136)71(134)113-53(31-116)69(132)104-44(59(80)122)8-3-19-95-74(83)84/h12-15,27-29,34-37,43-55,58,116-119,136H,2-11,16-26,30-33,78H2,1H3,(H2,79,120)(H2,80,122)(H,91,100)(H,92,101)(H,93,102)(H,99,124)(H,103,121)(H,104,132)(H,105,126)(H,106,125)(H,107,129)(H,108,130)(H,109,127)(H,110,133)(H,111,135)(H,112,128)(H,113,134)(H,114,131)(H,115,123)(H4,81,82,94)(H4,83,84,95)(H4,85,86,96)(H4,87,88,97)(H4,89,90,98)/t37-,43+,44+,45+,46+,47+,48+,49+,50+,51+,52+,53+,54+,55+,58+/m1/s1. The fraction of sp³-hybridized carbons (Fsp3) is 0.532. The second kappa shape index (κ2) is 60.0. The van der Waals surface area contributed by atoms with Crippen LogP contribution >= 0.6 is 12.6 Å². The molecule has 750 valence electrons. The minimum atomic E-state index is -2.01. The van der Waals surface area contributed by atoms with Gasteiger partial charge in [-0.25, -0.2) is 15.0 Å². The monoisotopic (exact) mass is 1930 g/mol. The number of nitrogens with two attached hydrogens (primary N) is 8. The van der Waals surface area contributed by atoms with Crippen LogP contribution in [0.5, 0.6) is 5.75 Å². The number of phenols is 1. The van der Waals surface area contributed by atoms with Crippen molar-refractivity contribution in [2.24, 2.45) is 45.9 Å². The number of carbonyl (C=O) groups is 16. The number of hydrogen-bond donors (Lipinski definition) is 40. The van der Waals surface area contributed by atoms with Crippen molar-refractivity contribution in [1.29, 1.82) is 27.0 Å². The van der Waals surface area contributed by atoms with Crippen molar-refractivity contribution in [2.45, 2.75) is 200 Å². The zero-order valence-electron chi connectivity index (χ0n) is 74.3. The Kier molecular flexibility index (Phi) is 49.8. The number of thiol groups is 1. The molecule has 0 aliphatic rings. The number of rotatable bonds is 64. The molecule has 0 saturated heterocycles. The number of hydrogen-bond acceptors (Lipinski definition) is 30. The van der Waals surface area contributed by atoms with Crippen molar-refractivity contribution in [3.05, 3.63) is 84.5 Å². The Hall–Kier alpha value is -15.3. The van der Waals surface area contributed by atoms with Crippen molar-refractivity contribution in [2.75, 3.05) is 58.2 Å². The zero-order chi connectivity index (χ0) is 101. The minimum absolute atomic E-state index is 0.0409. The van der Waals surface area contributed by atoms with Crippen molar-refractivity contribution < 1.29 is 97.1 Å². The van der Waals surface area contributed by atoms with Gasteiger partial charge in [-0.1, -0.05) is 12.1 Å². The van der Waals surface area contributed by atoms with Crippen molar-refractivity contribution in [3.63, 3.8) is 0 Å². The van der Waals surface area contributed by atoms with Gasteiger partial charge in [0.2, 0.25) is 94.5 Å². The molecule has 0 unspecified atom stereocenters. The van der Waals surface area contributed by atoms with Crippen LogP contribution in [0.1, 0.15) is 107 Å². The van der Waals surface area contributed by atoms with Gasteiger partial charge in [-0.3, -0.25) is 104 Å². The highest BCUT2D eigenvalue weighted by Crippen LogP contribution is 2.16. The normalized spacial score (nSPS) is 14.2. The summed E-state index contributed by atoms with van der Waals surface area (Å²) in [7, 11) is 0. The summed E-state index contributed by atoms with van der Waals surface area (Å²) in [6, 6.07) is -18.0. The van der Waals surface area contributed by atoms with E-state index < -0.39 is 261 Å². The molecule has 0 aliphatic carbocycles. The van der Waals surface area contributed by atoms with E-state index in [2.05, 4.69) is 144 Å². The second-order valence-corrected chi connectivity index (χ2v) is 31.2. The first-order chi connectivity index (χ1) is 64.5. The number of primary amides is 2. The lowest BCUT2D eigenvalue weighted by atomic mass is 10.0. The van der Waals surface area contributed by atoms with Crippen LogP contribution in [0, 0.1) is 27.0 Å². The summed E-state index contributed by atoms with van der Waals surface area (Å²) < 4.78 is 0. The number of aliphatic hydroxyl groups excluding tert-OH is 3. The third-order valence-electron chi connectivity index (χ3n) is 19.9. The maximum atomic E-state index is 15.2. The van der Waals surface area contributed by atoms with Crippen LogP contribution in [0.25, 0.3) is 0 Å². The largest absolute Gasteiger partial charge is 0.508 e. The molecular formula is C77H126N38O20S. The molecule has 0 spiro atoms. The highest BCUT2D eigenvalue weighted by atomic mass is 32.1. The number of carbonyl (C=O) groups excluding carboxylic acids is 16. The van der Waals surface area contributed by atoms with Gasteiger partial charge in [-0.15, -0.1) is 0 Å². The first-order valence-electron chi connectivity index (χ1n) is 42.7. The quantitative estimate of drug-likeness (QED) is 0.00845. The SMILES string of the molecule is C[C@@H](O)[C@H](NC(=O)[C@@H](N)CCCNC(=N)N)C(=O)N[C@@H](Cc1c[nH]cn1)C(=O)NCC(=O)N[C@@H](CCC(N)=O)C(=O)N[C@@H](CO)C(=O)N[C@@H](Cc1c[nH]cn1)C(=O)N[C@@H](Cc1ccc(O)cc1)C(=O)N[C@@H](CCCNC(=N)N)C(=O)N[C@@H](CCCNC(=N)N)C(=O)N[C@@H](CCCNC(=N)N)C(=O)N[C@@H](Cc1c[nH]cn1)C(=O)N[C@@H](CS)C(=O)N[C@@H](CO)C(=O)N[C@@H](CCCNC(=N)N)C(N)=O. The van der Waals surface area contributed by atoms with Gasteiger partial charge >= 0.3 is 0 Å². The molecule has 16 amide bonds. The van der Waals surface area contributed by atoms with Crippen LogP contribution in [0.15, 0.2) is 61.8 Å². The Balaban J connectivity index is 1.67. The lowest BCUT2D eigenvalue weighted by molar-refractivity contribution is -0.136. The number of H-pyrrole nitrogens is 3. The first kappa shape index (κ1) is 113. The first-order valence-corrected chi connectivity index (χ1v) is 43.3. The number of nitrogens with zero attached hydrogens (tertiary/aromatic N) is 3.